The highest BCUT2D eigenvalue weighted by molar-refractivity contribution is 6.33. The number of amides is 1. The molecule has 0 aliphatic carbocycles. The SMILES string of the molecule is O=C(CCc1ccccc1)NN=Cc1ccc(F)cc1Cl. The fraction of sp³-hybridized carbons (Fsp3) is 0.125. The van der Waals surface area contributed by atoms with E-state index in [-0.39, 0.29) is 10.9 Å². The van der Waals surface area contributed by atoms with Gasteiger partial charge in [0.05, 0.1) is 11.2 Å². The van der Waals surface area contributed by atoms with Gasteiger partial charge in [-0.15, -0.1) is 0 Å². The quantitative estimate of drug-likeness (QED) is 0.666. The average Bonchev–Trinajstić information content (AvgIpc) is 2.48. The Labute approximate surface area is 127 Å². The van der Waals surface area contributed by atoms with Gasteiger partial charge in [0.25, 0.3) is 0 Å². The molecule has 2 aromatic carbocycles. The lowest BCUT2D eigenvalue weighted by molar-refractivity contribution is -0.121. The van der Waals surface area contributed by atoms with Crippen molar-refractivity contribution in [2.24, 2.45) is 5.10 Å². The van der Waals surface area contributed by atoms with Crippen LogP contribution >= 0.6 is 11.6 Å². The standard InChI is InChI=1S/C16H14ClFN2O/c17-15-10-14(18)8-7-13(15)11-19-20-16(21)9-6-12-4-2-1-3-5-12/h1-5,7-8,10-11H,6,9H2,(H,20,21). The summed E-state index contributed by atoms with van der Waals surface area (Å²) in [4.78, 5) is 11.6. The van der Waals surface area contributed by atoms with E-state index >= 15 is 0 Å². The van der Waals surface area contributed by atoms with Crippen molar-refractivity contribution in [3.63, 3.8) is 0 Å². The van der Waals surface area contributed by atoms with Gasteiger partial charge < -0.3 is 0 Å². The molecule has 21 heavy (non-hydrogen) atoms. The lowest BCUT2D eigenvalue weighted by Crippen LogP contribution is -2.17. The molecule has 0 spiro atoms. The lowest BCUT2D eigenvalue weighted by Gasteiger charge is -2.01. The maximum Gasteiger partial charge on any atom is 0.240 e. The van der Waals surface area contributed by atoms with Crippen LogP contribution in [0.25, 0.3) is 0 Å². The minimum atomic E-state index is -0.413. The molecule has 0 unspecified atom stereocenters. The van der Waals surface area contributed by atoms with Gasteiger partial charge in [-0.2, -0.15) is 5.10 Å². The van der Waals surface area contributed by atoms with E-state index in [9.17, 15) is 9.18 Å². The molecule has 1 N–H and O–H groups in total. The third-order valence-corrected chi connectivity index (χ3v) is 3.17. The Morgan fingerprint density at radius 1 is 1.24 bits per heavy atom. The fourth-order valence-electron chi connectivity index (χ4n) is 1.74. The number of halogens is 2. The molecule has 0 heterocycles. The van der Waals surface area contributed by atoms with E-state index in [1.165, 1.54) is 24.4 Å². The summed E-state index contributed by atoms with van der Waals surface area (Å²) in [6.45, 7) is 0. The molecule has 2 rings (SSSR count). The molecule has 0 radical (unpaired) electrons. The predicted molar refractivity (Wildman–Crippen MR) is 81.9 cm³/mol. The zero-order chi connectivity index (χ0) is 15.1. The van der Waals surface area contributed by atoms with Crippen LogP contribution in [0.1, 0.15) is 17.5 Å². The molecule has 0 saturated heterocycles. The second-order valence-corrected chi connectivity index (χ2v) is 4.85. The zero-order valence-corrected chi connectivity index (χ0v) is 12.0. The van der Waals surface area contributed by atoms with Crippen molar-refractivity contribution in [2.45, 2.75) is 12.8 Å². The number of benzene rings is 2. The summed E-state index contributed by atoms with van der Waals surface area (Å²) in [7, 11) is 0. The number of nitrogens with one attached hydrogen (secondary N) is 1. The third-order valence-electron chi connectivity index (χ3n) is 2.84. The van der Waals surface area contributed by atoms with Gasteiger partial charge >= 0.3 is 0 Å². The number of nitrogens with zero attached hydrogens (tertiary/aromatic N) is 1. The Kier molecular flexibility index (Phi) is 5.46. The van der Waals surface area contributed by atoms with Crippen LogP contribution in [-0.2, 0) is 11.2 Å². The molecule has 0 atom stereocenters. The lowest BCUT2D eigenvalue weighted by atomic mass is 10.1. The van der Waals surface area contributed by atoms with E-state index in [2.05, 4.69) is 10.5 Å². The molecule has 108 valence electrons. The molecule has 0 fully saturated rings. The Bertz CT molecular complexity index is 644. The highest BCUT2D eigenvalue weighted by Crippen LogP contribution is 2.15. The van der Waals surface area contributed by atoms with Gasteiger partial charge in [0, 0.05) is 12.0 Å². The van der Waals surface area contributed by atoms with E-state index in [0.29, 0.717) is 18.4 Å². The summed E-state index contributed by atoms with van der Waals surface area (Å²) in [5.74, 6) is -0.600. The Morgan fingerprint density at radius 2 is 2.00 bits per heavy atom. The van der Waals surface area contributed by atoms with E-state index in [1.807, 2.05) is 30.3 Å². The topological polar surface area (TPSA) is 41.5 Å². The molecule has 0 aliphatic heterocycles. The van der Waals surface area contributed by atoms with Crippen molar-refractivity contribution < 1.29 is 9.18 Å². The number of rotatable bonds is 5. The summed E-state index contributed by atoms with van der Waals surface area (Å²) in [5.41, 5.74) is 4.06. The molecule has 5 heteroatoms. The molecule has 1 amide bonds. The van der Waals surface area contributed by atoms with Crippen LogP contribution in [0.15, 0.2) is 53.6 Å². The largest absolute Gasteiger partial charge is 0.273 e. The first kappa shape index (κ1) is 15.2. The average molecular weight is 305 g/mol. The Hall–Kier alpha value is -2.20. The number of carbonyl (C=O) groups excluding carboxylic acids is 1. The monoisotopic (exact) mass is 304 g/mol. The van der Waals surface area contributed by atoms with E-state index in [0.717, 1.165) is 5.56 Å². The molecule has 2 aromatic rings. The second-order valence-electron chi connectivity index (χ2n) is 4.44. The van der Waals surface area contributed by atoms with Crippen LogP contribution in [0.4, 0.5) is 4.39 Å². The van der Waals surface area contributed by atoms with Gasteiger partial charge in [0.15, 0.2) is 0 Å². The van der Waals surface area contributed by atoms with Gasteiger partial charge in [-0.3, -0.25) is 4.79 Å². The van der Waals surface area contributed by atoms with E-state index in [4.69, 9.17) is 11.6 Å². The van der Waals surface area contributed by atoms with E-state index in [1.54, 1.807) is 0 Å². The van der Waals surface area contributed by atoms with Crippen molar-refractivity contribution in [1.29, 1.82) is 0 Å². The molecular formula is C16H14ClFN2O. The van der Waals surface area contributed by atoms with Crippen LogP contribution in [0, 0.1) is 5.82 Å². The van der Waals surface area contributed by atoms with Crippen molar-refractivity contribution in [1.82, 2.24) is 5.43 Å². The van der Waals surface area contributed by atoms with Crippen LogP contribution in [0.5, 0.6) is 0 Å². The molecule has 0 saturated carbocycles. The number of aryl methyl sites for hydroxylation is 1. The summed E-state index contributed by atoms with van der Waals surface area (Å²) < 4.78 is 12.9. The van der Waals surface area contributed by atoms with Gasteiger partial charge in [-0.05, 0) is 30.2 Å². The van der Waals surface area contributed by atoms with Gasteiger partial charge in [0.1, 0.15) is 5.82 Å². The summed E-state index contributed by atoms with van der Waals surface area (Å²) >= 11 is 5.84. The third kappa shape index (κ3) is 5.00. The highest BCUT2D eigenvalue weighted by atomic mass is 35.5. The van der Waals surface area contributed by atoms with Gasteiger partial charge in [-0.1, -0.05) is 41.9 Å². The molecular weight excluding hydrogens is 291 g/mol. The normalized spacial score (nSPS) is 10.8. The van der Waals surface area contributed by atoms with E-state index < -0.39 is 5.82 Å². The number of hydrazone groups is 1. The van der Waals surface area contributed by atoms with Crippen LogP contribution < -0.4 is 5.43 Å². The van der Waals surface area contributed by atoms with Crippen molar-refractivity contribution >= 4 is 23.7 Å². The Balaban J connectivity index is 1.82. The fourth-order valence-corrected chi connectivity index (χ4v) is 1.95. The Morgan fingerprint density at radius 3 is 2.71 bits per heavy atom. The van der Waals surface area contributed by atoms with Crippen molar-refractivity contribution in [3.05, 3.63) is 70.5 Å². The van der Waals surface area contributed by atoms with Crippen molar-refractivity contribution in [2.75, 3.05) is 0 Å². The minimum absolute atomic E-state index is 0.187. The first-order valence-electron chi connectivity index (χ1n) is 6.46. The second kappa shape index (κ2) is 7.55. The number of carbonyl (C=O) groups is 1. The number of hydrogen-bond acceptors (Lipinski definition) is 2. The zero-order valence-electron chi connectivity index (χ0n) is 11.2. The molecule has 0 aliphatic rings. The summed E-state index contributed by atoms with van der Waals surface area (Å²) in [5, 5.41) is 4.06. The maximum atomic E-state index is 12.9. The first-order chi connectivity index (χ1) is 10.1. The van der Waals surface area contributed by atoms with Crippen molar-refractivity contribution in [3.8, 4) is 0 Å². The van der Waals surface area contributed by atoms with Gasteiger partial charge in [-0.25, -0.2) is 9.82 Å². The van der Waals surface area contributed by atoms with Crippen LogP contribution in [0.3, 0.4) is 0 Å². The smallest absolute Gasteiger partial charge is 0.240 e. The molecule has 3 nitrogen and oxygen atoms in total. The van der Waals surface area contributed by atoms with Crippen LogP contribution in [0.2, 0.25) is 5.02 Å². The van der Waals surface area contributed by atoms with Gasteiger partial charge in [0.2, 0.25) is 5.91 Å². The maximum absolute atomic E-state index is 12.9. The summed E-state index contributed by atoms with van der Waals surface area (Å²) in [6.07, 6.45) is 2.39. The molecule has 0 bridgehead atoms. The summed E-state index contributed by atoms with van der Waals surface area (Å²) in [6, 6.07) is 13.7. The highest BCUT2D eigenvalue weighted by Gasteiger charge is 2.01. The van der Waals surface area contributed by atoms with Crippen LogP contribution in [-0.4, -0.2) is 12.1 Å². The minimum Gasteiger partial charge on any atom is -0.273 e. The number of hydrogen-bond donors (Lipinski definition) is 1. The predicted octanol–water partition coefficient (Wildman–Crippen LogP) is 3.56. The first-order valence-corrected chi connectivity index (χ1v) is 6.84. The molecule has 0 aromatic heterocycles.